The molecule has 0 unspecified atom stereocenters. The molecule has 1 N–H and O–H groups in total. The van der Waals surface area contributed by atoms with Crippen LogP contribution in [0.5, 0.6) is 11.5 Å². The number of piperidine rings is 1. The summed E-state index contributed by atoms with van der Waals surface area (Å²) in [6, 6.07) is 20.5. The van der Waals surface area contributed by atoms with Crippen molar-refractivity contribution in [1.29, 1.82) is 0 Å². The van der Waals surface area contributed by atoms with E-state index in [9.17, 15) is 0 Å². The Balaban J connectivity index is 1.31. The first-order chi connectivity index (χ1) is 20.8. The van der Waals surface area contributed by atoms with Gasteiger partial charge in [0, 0.05) is 48.1 Å². The average molecular weight is 614 g/mol. The van der Waals surface area contributed by atoms with Crippen molar-refractivity contribution in [3.05, 3.63) is 94.5 Å². The lowest BCUT2D eigenvalue weighted by molar-refractivity contribution is 0.174. The van der Waals surface area contributed by atoms with Crippen molar-refractivity contribution in [3.63, 3.8) is 0 Å². The number of ether oxygens (including phenoxy) is 2. The van der Waals surface area contributed by atoms with Crippen molar-refractivity contribution in [1.82, 2.24) is 14.9 Å². The number of halogens is 1. The first-order valence-electron chi connectivity index (χ1n) is 14.9. The second-order valence-electron chi connectivity index (χ2n) is 12.2. The quantitative estimate of drug-likeness (QED) is 0.234. The Morgan fingerprint density at radius 3 is 2.44 bits per heavy atom. The molecule has 2 fully saturated rings. The van der Waals surface area contributed by atoms with Gasteiger partial charge < -0.3 is 29.2 Å². The number of nitrogens with zero attached hydrogens (tertiary/aromatic N) is 4. The van der Waals surface area contributed by atoms with Crippen LogP contribution in [0.3, 0.4) is 0 Å². The third kappa shape index (κ3) is 5.00. The molecule has 7 nitrogen and oxygen atoms in total. The molecule has 7 rings (SSSR count). The van der Waals surface area contributed by atoms with E-state index in [2.05, 4.69) is 83.8 Å². The fourth-order valence-corrected chi connectivity index (χ4v) is 7.86. The molecule has 0 bridgehead atoms. The normalized spacial score (nSPS) is 23.1. The molecular formula is C34H36ClN5O2S. The smallest absolute Gasteiger partial charge is 0.231 e. The maximum absolute atomic E-state index is 7.05. The molecule has 2 aromatic heterocycles. The van der Waals surface area contributed by atoms with E-state index in [1.165, 1.54) is 6.42 Å². The highest BCUT2D eigenvalue weighted by Crippen LogP contribution is 2.46. The summed E-state index contributed by atoms with van der Waals surface area (Å²) in [6.07, 6.45) is 3.09. The van der Waals surface area contributed by atoms with Crippen LogP contribution < -0.4 is 24.6 Å². The van der Waals surface area contributed by atoms with E-state index >= 15 is 0 Å². The number of nitrogens with one attached hydrogen (secondary N) is 1. The highest BCUT2D eigenvalue weighted by Gasteiger charge is 2.42. The van der Waals surface area contributed by atoms with E-state index in [1.54, 1.807) is 0 Å². The Morgan fingerprint density at radius 2 is 1.70 bits per heavy atom. The Hall–Kier alpha value is -3.75. The first kappa shape index (κ1) is 28.0. The predicted octanol–water partition coefficient (Wildman–Crippen LogP) is 7.53. The van der Waals surface area contributed by atoms with Gasteiger partial charge in [-0.05, 0) is 98.4 Å². The summed E-state index contributed by atoms with van der Waals surface area (Å²) < 4.78 is 13.5. The van der Waals surface area contributed by atoms with E-state index in [-0.39, 0.29) is 18.9 Å². The molecule has 222 valence electrons. The van der Waals surface area contributed by atoms with Crippen molar-refractivity contribution in [3.8, 4) is 17.2 Å². The highest BCUT2D eigenvalue weighted by molar-refractivity contribution is 7.80. The monoisotopic (exact) mass is 613 g/mol. The van der Waals surface area contributed by atoms with Crippen LogP contribution in [0.1, 0.15) is 55.0 Å². The summed E-state index contributed by atoms with van der Waals surface area (Å²) >= 11 is 13.1. The predicted molar refractivity (Wildman–Crippen MR) is 176 cm³/mol. The summed E-state index contributed by atoms with van der Waals surface area (Å²) in [4.78, 5) is 9.38. The lowest BCUT2D eigenvalue weighted by Crippen LogP contribution is -2.38. The number of hydrogen-bond acceptors (Lipinski definition) is 5. The first-order valence-corrected chi connectivity index (χ1v) is 15.7. The Kier molecular flexibility index (Phi) is 7.22. The summed E-state index contributed by atoms with van der Waals surface area (Å²) in [5.41, 5.74) is 7.41. The number of rotatable bonds is 5. The Morgan fingerprint density at radius 1 is 0.930 bits per heavy atom. The Labute approximate surface area is 263 Å². The molecule has 2 aromatic carbocycles. The summed E-state index contributed by atoms with van der Waals surface area (Å²) in [5.74, 6) is 2.80. The van der Waals surface area contributed by atoms with Crippen LogP contribution in [0.25, 0.3) is 5.69 Å². The zero-order valence-electron chi connectivity index (χ0n) is 24.9. The zero-order valence-corrected chi connectivity index (χ0v) is 26.5. The third-order valence-electron chi connectivity index (χ3n) is 8.92. The maximum atomic E-state index is 7.05. The van der Waals surface area contributed by atoms with Gasteiger partial charge in [0.2, 0.25) is 6.79 Å². The zero-order chi connectivity index (χ0) is 29.8. The number of anilines is 2. The van der Waals surface area contributed by atoms with Gasteiger partial charge in [0.15, 0.2) is 16.6 Å². The molecule has 4 atom stereocenters. The molecule has 2 saturated heterocycles. The molecule has 0 saturated carbocycles. The van der Waals surface area contributed by atoms with Crippen LogP contribution in [0.15, 0.2) is 66.9 Å². The number of pyridine rings is 1. The van der Waals surface area contributed by atoms with E-state index in [1.807, 2.05) is 30.5 Å². The van der Waals surface area contributed by atoms with Crippen molar-refractivity contribution in [2.75, 3.05) is 29.7 Å². The lowest BCUT2D eigenvalue weighted by Gasteiger charge is -2.37. The molecule has 9 heteroatoms. The minimum atomic E-state index is -0.151. The second kappa shape index (κ2) is 11.1. The third-order valence-corrected chi connectivity index (χ3v) is 9.54. The fourth-order valence-electron chi connectivity index (χ4n) is 7.22. The van der Waals surface area contributed by atoms with Crippen molar-refractivity contribution in [2.24, 2.45) is 11.8 Å². The molecule has 0 amide bonds. The van der Waals surface area contributed by atoms with Gasteiger partial charge >= 0.3 is 0 Å². The topological polar surface area (TPSA) is 54.8 Å². The van der Waals surface area contributed by atoms with E-state index in [0.29, 0.717) is 16.9 Å². The molecule has 3 aliphatic heterocycles. The standard InChI is InChI=1S/C34H36ClN5O2S/c1-20-13-21(2)18-38(17-20)29-10-8-24(15-27(29)35)40-33(32(37-34(40)43)28-7-5-6-12-36-28)26-14-22(3)39(23(26)4)25-9-11-30-31(16-25)42-19-41-30/h5-12,14-16,20-21,32-33H,13,17-19H2,1-4H3,(H,37,43)/t20-,21+,32-,33-/m0/s1. The van der Waals surface area contributed by atoms with Crippen LogP contribution >= 0.6 is 23.8 Å². The highest BCUT2D eigenvalue weighted by atomic mass is 35.5. The van der Waals surface area contributed by atoms with Crippen molar-refractivity contribution < 1.29 is 9.47 Å². The van der Waals surface area contributed by atoms with Gasteiger partial charge in [-0.25, -0.2) is 0 Å². The summed E-state index contributed by atoms with van der Waals surface area (Å²) in [5, 5.41) is 5.00. The van der Waals surface area contributed by atoms with Crippen LogP contribution in [-0.2, 0) is 0 Å². The van der Waals surface area contributed by atoms with Crippen LogP contribution in [0.2, 0.25) is 5.02 Å². The van der Waals surface area contributed by atoms with E-state index in [0.717, 1.165) is 69.3 Å². The van der Waals surface area contributed by atoms with Gasteiger partial charge in [-0.3, -0.25) is 4.98 Å². The number of benzene rings is 2. The number of hydrogen-bond donors (Lipinski definition) is 1. The van der Waals surface area contributed by atoms with Gasteiger partial charge in [-0.1, -0.05) is 31.5 Å². The van der Waals surface area contributed by atoms with E-state index in [4.69, 9.17) is 38.3 Å². The van der Waals surface area contributed by atoms with Gasteiger partial charge in [0.1, 0.15) is 0 Å². The minimum Gasteiger partial charge on any atom is -0.454 e. The lowest BCUT2D eigenvalue weighted by atomic mass is 9.91. The van der Waals surface area contributed by atoms with Crippen molar-refractivity contribution >= 4 is 40.3 Å². The number of thiocarbonyl (C=S) groups is 1. The number of fused-ring (bicyclic) bond motifs is 1. The Bertz CT molecular complexity index is 1680. The largest absolute Gasteiger partial charge is 0.454 e. The van der Waals surface area contributed by atoms with Crippen LogP contribution in [-0.4, -0.2) is 34.5 Å². The molecule has 4 aromatic rings. The van der Waals surface area contributed by atoms with Gasteiger partial charge in [-0.2, -0.15) is 0 Å². The van der Waals surface area contributed by atoms with Crippen molar-refractivity contribution in [2.45, 2.75) is 46.2 Å². The molecular weight excluding hydrogens is 578 g/mol. The molecule has 3 aliphatic rings. The maximum Gasteiger partial charge on any atom is 0.231 e. The minimum absolute atomic E-state index is 0.145. The van der Waals surface area contributed by atoms with E-state index < -0.39 is 0 Å². The molecule has 43 heavy (non-hydrogen) atoms. The van der Waals surface area contributed by atoms with Crippen LogP contribution in [0, 0.1) is 25.7 Å². The average Bonchev–Trinajstić information content (AvgIpc) is 3.67. The van der Waals surface area contributed by atoms with Crippen LogP contribution in [0.4, 0.5) is 11.4 Å². The number of aryl methyl sites for hydroxylation is 1. The molecule has 0 radical (unpaired) electrons. The summed E-state index contributed by atoms with van der Waals surface area (Å²) in [7, 11) is 0. The van der Waals surface area contributed by atoms with Gasteiger partial charge in [0.25, 0.3) is 0 Å². The van der Waals surface area contributed by atoms with Gasteiger partial charge in [0.05, 0.1) is 28.5 Å². The summed E-state index contributed by atoms with van der Waals surface area (Å²) in [6.45, 7) is 11.2. The molecule has 5 heterocycles. The number of aromatic nitrogens is 2. The molecule has 0 aliphatic carbocycles. The SMILES string of the molecule is Cc1cc([C@H]2[C@H](c3ccccn3)NC(=S)N2c2ccc(N3C[C@H](C)C[C@H](C)C3)c(Cl)c2)c(C)n1-c1ccc2c(c1)OCO2. The molecule has 0 spiro atoms. The van der Waals surface area contributed by atoms with Gasteiger partial charge in [-0.15, -0.1) is 0 Å². The second-order valence-corrected chi connectivity index (χ2v) is 13.0. The fraction of sp³-hybridized carbons (Fsp3) is 0.353.